The maximum atomic E-state index is 5.67. The van der Waals surface area contributed by atoms with E-state index in [0.29, 0.717) is 5.75 Å². The van der Waals surface area contributed by atoms with Crippen LogP contribution in [0, 0.1) is 11.8 Å². The predicted molar refractivity (Wildman–Crippen MR) is 127 cm³/mol. The Morgan fingerprint density at radius 3 is 2.72 bits per heavy atom. The number of rotatable bonds is 3. The van der Waals surface area contributed by atoms with Gasteiger partial charge < -0.3 is 15.0 Å². The van der Waals surface area contributed by atoms with Gasteiger partial charge in [-0.2, -0.15) is 0 Å². The molecule has 0 aromatic carbocycles. The Morgan fingerprint density at radius 2 is 1.97 bits per heavy atom. The zero-order valence-corrected chi connectivity index (χ0v) is 18.6. The van der Waals surface area contributed by atoms with Crippen LogP contribution in [0.5, 0.6) is 5.75 Å². The standard InChI is InChI=1S/C25H26N6O/c1-25(2,31-11-9-26-10-12-31)7-6-18-22(32-3)16-29-24-23(18)19-13-20(28-15-21(19)30-24)17-5-4-8-27-14-17/h4-5,8,13-16,26H,9-12H2,1-3H3,(H,29,30). The fourth-order valence-corrected chi connectivity index (χ4v) is 4.21. The van der Waals surface area contributed by atoms with Crippen molar-refractivity contribution in [3.8, 4) is 28.8 Å². The van der Waals surface area contributed by atoms with Crippen molar-refractivity contribution in [1.29, 1.82) is 0 Å². The second-order valence-electron chi connectivity index (χ2n) is 8.45. The average molecular weight is 427 g/mol. The van der Waals surface area contributed by atoms with Crippen molar-refractivity contribution in [2.24, 2.45) is 0 Å². The van der Waals surface area contributed by atoms with Crippen molar-refractivity contribution < 1.29 is 4.74 Å². The van der Waals surface area contributed by atoms with E-state index in [1.54, 1.807) is 19.5 Å². The van der Waals surface area contributed by atoms with Gasteiger partial charge in [-0.15, -0.1) is 0 Å². The fraction of sp³-hybridized carbons (Fsp3) is 0.320. The van der Waals surface area contributed by atoms with E-state index in [-0.39, 0.29) is 5.54 Å². The van der Waals surface area contributed by atoms with E-state index in [4.69, 9.17) is 4.74 Å². The number of aromatic amines is 1. The summed E-state index contributed by atoms with van der Waals surface area (Å²) in [6.07, 6.45) is 7.15. The number of pyridine rings is 3. The summed E-state index contributed by atoms with van der Waals surface area (Å²) in [4.78, 5) is 19.2. The Labute approximate surface area is 187 Å². The Morgan fingerprint density at radius 1 is 1.12 bits per heavy atom. The van der Waals surface area contributed by atoms with Gasteiger partial charge in [0.25, 0.3) is 0 Å². The molecule has 5 rings (SSSR count). The van der Waals surface area contributed by atoms with Crippen molar-refractivity contribution in [1.82, 2.24) is 30.2 Å². The fourth-order valence-electron chi connectivity index (χ4n) is 4.21. The van der Waals surface area contributed by atoms with E-state index < -0.39 is 0 Å². The lowest BCUT2D eigenvalue weighted by molar-refractivity contribution is 0.149. The molecular formula is C25H26N6O. The number of H-pyrrole nitrogens is 1. The number of methoxy groups -OCH3 is 1. The zero-order chi connectivity index (χ0) is 22.1. The van der Waals surface area contributed by atoms with Gasteiger partial charge in [0, 0.05) is 54.9 Å². The third-order valence-corrected chi connectivity index (χ3v) is 6.05. The van der Waals surface area contributed by atoms with Crippen molar-refractivity contribution in [3.63, 3.8) is 0 Å². The number of ether oxygens (including phenoxy) is 1. The molecule has 7 nitrogen and oxygen atoms in total. The van der Waals surface area contributed by atoms with Gasteiger partial charge in [0.05, 0.1) is 41.8 Å². The van der Waals surface area contributed by atoms with Crippen LogP contribution in [-0.2, 0) is 0 Å². The maximum absolute atomic E-state index is 5.67. The molecule has 2 N–H and O–H groups in total. The highest BCUT2D eigenvalue weighted by Crippen LogP contribution is 2.33. The van der Waals surface area contributed by atoms with Crippen molar-refractivity contribution in [3.05, 3.63) is 48.5 Å². The van der Waals surface area contributed by atoms with E-state index in [0.717, 1.165) is 64.9 Å². The molecule has 4 aromatic heterocycles. The molecule has 1 aliphatic heterocycles. The number of fused-ring (bicyclic) bond motifs is 3. The Balaban J connectivity index is 1.67. The molecule has 5 heterocycles. The minimum atomic E-state index is -0.253. The quantitative estimate of drug-likeness (QED) is 0.490. The molecule has 0 atom stereocenters. The summed E-state index contributed by atoms with van der Waals surface area (Å²) in [6.45, 7) is 8.29. The molecule has 1 saturated heterocycles. The summed E-state index contributed by atoms with van der Waals surface area (Å²) in [5.41, 5.74) is 4.10. The van der Waals surface area contributed by atoms with Crippen LogP contribution < -0.4 is 10.1 Å². The first-order valence-electron chi connectivity index (χ1n) is 10.8. The number of piperazine rings is 1. The van der Waals surface area contributed by atoms with Crippen LogP contribution in [0.2, 0.25) is 0 Å². The van der Waals surface area contributed by atoms with Crippen LogP contribution in [0.15, 0.2) is 43.0 Å². The van der Waals surface area contributed by atoms with Crippen molar-refractivity contribution in [2.45, 2.75) is 19.4 Å². The molecular weight excluding hydrogens is 400 g/mol. The van der Waals surface area contributed by atoms with Crippen LogP contribution >= 0.6 is 0 Å². The highest BCUT2D eigenvalue weighted by atomic mass is 16.5. The molecule has 7 heteroatoms. The monoisotopic (exact) mass is 426 g/mol. The predicted octanol–water partition coefficient (Wildman–Crippen LogP) is 3.22. The smallest absolute Gasteiger partial charge is 0.153 e. The van der Waals surface area contributed by atoms with E-state index in [9.17, 15) is 0 Å². The molecule has 162 valence electrons. The van der Waals surface area contributed by atoms with Gasteiger partial charge in [-0.05, 0) is 32.0 Å². The summed E-state index contributed by atoms with van der Waals surface area (Å²) in [5, 5.41) is 5.38. The number of hydrogen-bond donors (Lipinski definition) is 2. The molecule has 0 aliphatic carbocycles. The van der Waals surface area contributed by atoms with E-state index in [1.807, 2.05) is 24.5 Å². The molecule has 4 aromatic rings. The first kappa shape index (κ1) is 20.4. The Hall–Kier alpha value is -3.47. The molecule has 1 fully saturated rings. The number of nitrogens with zero attached hydrogens (tertiary/aromatic N) is 4. The van der Waals surface area contributed by atoms with E-state index >= 15 is 0 Å². The third kappa shape index (κ3) is 3.68. The summed E-state index contributed by atoms with van der Waals surface area (Å²) in [5.74, 6) is 7.63. The molecule has 0 saturated carbocycles. The largest absolute Gasteiger partial charge is 0.494 e. The van der Waals surface area contributed by atoms with Crippen LogP contribution in [0.4, 0.5) is 0 Å². The normalized spacial score (nSPS) is 15.0. The lowest BCUT2D eigenvalue weighted by atomic mass is 10.0. The average Bonchev–Trinajstić information content (AvgIpc) is 3.21. The van der Waals surface area contributed by atoms with Crippen LogP contribution in [0.1, 0.15) is 19.4 Å². The van der Waals surface area contributed by atoms with Crippen LogP contribution in [0.25, 0.3) is 33.2 Å². The molecule has 0 amide bonds. The summed E-state index contributed by atoms with van der Waals surface area (Å²) in [6, 6.07) is 5.99. The van der Waals surface area contributed by atoms with Crippen LogP contribution in [-0.4, -0.2) is 63.7 Å². The van der Waals surface area contributed by atoms with E-state index in [1.165, 1.54) is 0 Å². The SMILES string of the molecule is COc1cnc2[nH]c3cnc(-c4cccnc4)cc3c2c1C#CC(C)(C)N1CCNCC1. The van der Waals surface area contributed by atoms with Gasteiger partial charge in [0.2, 0.25) is 0 Å². The van der Waals surface area contributed by atoms with Gasteiger partial charge in [-0.3, -0.25) is 14.9 Å². The first-order valence-corrected chi connectivity index (χ1v) is 10.8. The first-order chi connectivity index (χ1) is 15.6. The number of aromatic nitrogens is 4. The summed E-state index contributed by atoms with van der Waals surface area (Å²) < 4.78 is 5.67. The van der Waals surface area contributed by atoms with Gasteiger partial charge in [0.1, 0.15) is 5.65 Å². The minimum absolute atomic E-state index is 0.253. The third-order valence-electron chi connectivity index (χ3n) is 6.05. The molecule has 0 bridgehead atoms. The van der Waals surface area contributed by atoms with Crippen LogP contribution in [0.3, 0.4) is 0 Å². The topological polar surface area (TPSA) is 79.0 Å². The number of hydrogen-bond acceptors (Lipinski definition) is 6. The molecule has 0 spiro atoms. The van der Waals surface area contributed by atoms with Gasteiger partial charge in [-0.1, -0.05) is 11.8 Å². The molecule has 32 heavy (non-hydrogen) atoms. The maximum Gasteiger partial charge on any atom is 0.153 e. The lowest BCUT2D eigenvalue weighted by Crippen LogP contribution is -2.52. The van der Waals surface area contributed by atoms with Crippen molar-refractivity contribution >= 4 is 21.9 Å². The van der Waals surface area contributed by atoms with Gasteiger partial charge >= 0.3 is 0 Å². The summed E-state index contributed by atoms with van der Waals surface area (Å²) >= 11 is 0. The molecule has 0 radical (unpaired) electrons. The Bertz CT molecular complexity index is 1330. The second-order valence-corrected chi connectivity index (χ2v) is 8.45. The Kier molecular flexibility index (Phi) is 5.25. The second kappa shape index (κ2) is 8.23. The highest BCUT2D eigenvalue weighted by Gasteiger charge is 2.26. The van der Waals surface area contributed by atoms with Gasteiger partial charge in [-0.25, -0.2) is 4.98 Å². The van der Waals surface area contributed by atoms with Gasteiger partial charge in [0.15, 0.2) is 5.75 Å². The van der Waals surface area contributed by atoms with Crippen molar-refractivity contribution in [2.75, 3.05) is 33.3 Å². The zero-order valence-electron chi connectivity index (χ0n) is 18.6. The summed E-state index contributed by atoms with van der Waals surface area (Å²) in [7, 11) is 1.66. The molecule has 1 aliphatic rings. The van der Waals surface area contributed by atoms with E-state index in [2.05, 4.69) is 61.9 Å². The lowest BCUT2D eigenvalue weighted by Gasteiger charge is -2.37. The minimum Gasteiger partial charge on any atom is -0.494 e. The molecule has 0 unspecified atom stereocenters. The highest BCUT2D eigenvalue weighted by molar-refractivity contribution is 6.10. The number of nitrogens with one attached hydrogen (secondary N) is 2.